The highest BCUT2D eigenvalue weighted by atomic mass is 15.2. The van der Waals surface area contributed by atoms with Gasteiger partial charge in [-0.2, -0.15) is 0 Å². The van der Waals surface area contributed by atoms with Crippen molar-refractivity contribution in [1.82, 2.24) is 4.57 Å². The summed E-state index contributed by atoms with van der Waals surface area (Å²) in [5.74, 6) is 0. The first-order valence-electron chi connectivity index (χ1n) is 20.6. The second-order valence-electron chi connectivity index (χ2n) is 16.2. The van der Waals surface area contributed by atoms with Crippen LogP contribution in [0.5, 0.6) is 0 Å². The molecule has 0 aliphatic carbocycles. The van der Waals surface area contributed by atoms with E-state index in [1.807, 2.05) is 0 Å². The van der Waals surface area contributed by atoms with Crippen LogP contribution in [0.3, 0.4) is 0 Å². The number of para-hydroxylation sites is 3. The average Bonchev–Trinajstić information content (AvgIpc) is 3.58. The van der Waals surface area contributed by atoms with Crippen molar-refractivity contribution in [3.8, 4) is 5.69 Å². The number of anilines is 6. The van der Waals surface area contributed by atoms with E-state index >= 15 is 0 Å². The van der Waals surface area contributed by atoms with Crippen molar-refractivity contribution in [1.29, 1.82) is 0 Å². The highest BCUT2D eigenvalue weighted by Gasteiger charge is 2.27. The zero-order chi connectivity index (χ0) is 40.4. The molecular formula is C56H47N3. The van der Waals surface area contributed by atoms with Gasteiger partial charge >= 0.3 is 0 Å². The molecule has 0 bridgehead atoms. The van der Waals surface area contributed by atoms with E-state index in [1.165, 1.54) is 105 Å². The van der Waals surface area contributed by atoms with Crippen molar-refractivity contribution in [3.63, 3.8) is 0 Å². The van der Waals surface area contributed by atoms with Crippen molar-refractivity contribution < 1.29 is 0 Å². The topological polar surface area (TPSA) is 11.4 Å². The van der Waals surface area contributed by atoms with Gasteiger partial charge in [-0.3, -0.25) is 0 Å². The Bertz CT molecular complexity index is 3260. The van der Waals surface area contributed by atoms with Gasteiger partial charge in [0.25, 0.3) is 0 Å². The average molecular weight is 762 g/mol. The normalized spacial score (nSPS) is 11.6. The van der Waals surface area contributed by atoms with E-state index in [4.69, 9.17) is 0 Å². The summed E-state index contributed by atoms with van der Waals surface area (Å²) in [6, 6.07) is 65.1. The minimum absolute atomic E-state index is 1.11. The summed E-state index contributed by atoms with van der Waals surface area (Å²) in [6.07, 6.45) is 0. The van der Waals surface area contributed by atoms with Crippen LogP contribution in [0.25, 0.3) is 49.0 Å². The SMILES string of the molecule is Cc1ccc(C)c(N(c2ccccc2C)c2cc(-n3c4ccccc4c4c(N(c5ccccc5C)c5cc(C)ccc5C)c5ccccc5cc43)cc3ccccc23)c1. The van der Waals surface area contributed by atoms with Gasteiger partial charge in [-0.05, 0) is 134 Å². The van der Waals surface area contributed by atoms with E-state index in [2.05, 4.69) is 232 Å². The van der Waals surface area contributed by atoms with Crippen LogP contribution in [0.4, 0.5) is 34.1 Å². The summed E-state index contributed by atoms with van der Waals surface area (Å²) < 4.78 is 2.51. The zero-order valence-corrected chi connectivity index (χ0v) is 34.6. The van der Waals surface area contributed by atoms with Crippen LogP contribution in [0.15, 0.2) is 176 Å². The van der Waals surface area contributed by atoms with E-state index in [1.54, 1.807) is 0 Å². The smallest absolute Gasteiger partial charge is 0.0640 e. The van der Waals surface area contributed by atoms with Gasteiger partial charge in [0.15, 0.2) is 0 Å². The molecule has 10 aromatic rings. The van der Waals surface area contributed by atoms with Gasteiger partial charge in [-0.1, -0.05) is 127 Å². The third-order valence-electron chi connectivity index (χ3n) is 12.1. The molecule has 0 saturated carbocycles. The predicted octanol–water partition coefficient (Wildman–Crippen LogP) is 15.9. The monoisotopic (exact) mass is 761 g/mol. The molecule has 0 fully saturated rings. The van der Waals surface area contributed by atoms with Gasteiger partial charge in [0.1, 0.15) is 0 Å². The molecule has 0 atom stereocenters. The Morgan fingerprint density at radius 1 is 0.339 bits per heavy atom. The first kappa shape index (κ1) is 36.3. The van der Waals surface area contributed by atoms with Gasteiger partial charge in [0, 0.05) is 50.0 Å². The third kappa shape index (κ3) is 6.04. The lowest BCUT2D eigenvalue weighted by atomic mass is 9.99. The fourth-order valence-corrected chi connectivity index (χ4v) is 9.17. The van der Waals surface area contributed by atoms with Crippen LogP contribution in [-0.2, 0) is 0 Å². The van der Waals surface area contributed by atoms with Crippen molar-refractivity contribution in [2.45, 2.75) is 41.5 Å². The molecule has 1 heterocycles. The fourth-order valence-electron chi connectivity index (χ4n) is 9.17. The van der Waals surface area contributed by atoms with Crippen LogP contribution >= 0.6 is 0 Å². The number of nitrogens with zero attached hydrogens (tertiary/aromatic N) is 3. The molecule has 3 nitrogen and oxygen atoms in total. The minimum atomic E-state index is 1.11. The second kappa shape index (κ2) is 14.4. The maximum atomic E-state index is 2.53. The second-order valence-corrected chi connectivity index (χ2v) is 16.2. The van der Waals surface area contributed by atoms with Crippen LogP contribution < -0.4 is 9.80 Å². The van der Waals surface area contributed by atoms with Gasteiger partial charge < -0.3 is 14.4 Å². The van der Waals surface area contributed by atoms with Gasteiger partial charge in [0.2, 0.25) is 0 Å². The molecule has 59 heavy (non-hydrogen) atoms. The van der Waals surface area contributed by atoms with Gasteiger partial charge in [0.05, 0.1) is 22.4 Å². The lowest BCUT2D eigenvalue weighted by Crippen LogP contribution is -2.14. The quantitative estimate of drug-likeness (QED) is 0.160. The van der Waals surface area contributed by atoms with Crippen molar-refractivity contribution >= 4 is 77.5 Å². The molecule has 0 N–H and O–H groups in total. The number of aryl methyl sites for hydroxylation is 6. The van der Waals surface area contributed by atoms with Crippen molar-refractivity contribution in [2.24, 2.45) is 0 Å². The summed E-state index contributed by atoms with van der Waals surface area (Å²) in [5, 5.41) is 7.24. The van der Waals surface area contributed by atoms with E-state index in [-0.39, 0.29) is 0 Å². The summed E-state index contributed by atoms with van der Waals surface area (Å²) in [4.78, 5) is 5.02. The van der Waals surface area contributed by atoms with Crippen LogP contribution in [0.2, 0.25) is 0 Å². The molecule has 0 aliphatic heterocycles. The maximum absolute atomic E-state index is 2.53. The number of fused-ring (bicyclic) bond motifs is 5. The molecule has 0 radical (unpaired) electrons. The lowest BCUT2D eigenvalue weighted by molar-refractivity contribution is 1.17. The molecule has 0 spiro atoms. The molecule has 1 aromatic heterocycles. The Morgan fingerprint density at radius 3 is 1.47 bits per heavy atom. The molecule has 0 amide bonds. The van der Waals surface area contributed by atoms with Crippen molar-refractivity contribution in [3.05, 3.63) is 209 Å². The molecule has 9 aromatic carbocycles. The zero-order valence-electron chi connectivity index (χ0n) is 34.6. The molecule has 0 unspecified atom stereocenters. The Kier molecular flexibility index (Phi) is 8.83. The van der Waals surface area contributed by atoms with E-state index in [0.29, 0.717) is 0 Å². The van der Waals surface area contributed by atoms with Gasteiger partial charge in [-0.15, -0.1) is 0 Å². The highest BCUT2D eigenvalue weighted by Crippen LogP contribution is 2.50. The molecule has 3 heteroatoms. The first-order valence-corrected chi connectivity index (χ1v) is 20.6. The number of hydrogen-bond acceptors (Lipinski definition) is 2. The Labute approximate surface area is 347 Å². The summed E-state index contributed by atoms with van der Waals surface area (Å²) in [6.45, 7) is 13.3. The van der Waals surface area contributed by atoms with E-state index < -0.39 is 0 Å². The van der Waals surface area contributed by atoms with Crippen molar-refractivity contribution in [2.75, 3.05) is 9.80 Å². The van der Waals surface area contributed by atoms with E-state index in [0.717, 1.165) is 11.4 Å². The number of benzene rings is 9. The fraction of sp³-hybridized carbons (Fsp3) is 0.107. The summed E-state index contributed by atoms with van der Waals surface area (Å²) in [7, 11) is 0. The molecule has 10 rings (SSSR count). The Hall–Kier alpha value is -7.10. The standard InChI is InChI=1S/C56H47N3/c1-36-27-29-40(5)51(31-36)58(48-24-14-7-17-38(48)3)53-35-44(33-42-19-9-11-21-45(42)53)57-50-26-16-13-23-47(50)55-54(57)34-43-20-10-12-22-46(43)56(55)59(49-25-15-8-18-39(49)4)52-32-37(2)28-30-41(52)6/h7-35H,1-6H3. The largest absolute Gasteiger partial charge is 0.309 e. The number of hydrogen-bond donors (Lipinski definition) is 0. The first-order chi connectivity index (χ1) is 28.8. The molecule has 0 saturated heterocycles. The predicted molar refractivity (Wildman–Crippen MR) is 254 cm³/mol. The maximum Gasteiger partial charge on any atom is 0.0640 e. The highest BCUT2D eigenvalue weighted by molar-refractivity contribution is 6.24. The number of rotatable bonds is 7. The van der Waals surface area contributed by atoms with Crippen LogP contribution in [0, 0.1) is 41.5 Å². The molecular weight excluding hydrogens is 715 g/mol. The van der Waals surface area contributed by atoms with Gasteiger partial charge in [-0.25, -0.2) is 0 Å². The Balaban J connectivity index is 1.36. The third-order valence-corrected chi connectivity index (χ3v) is 12.1. The molecule has 0 aliphatic rings. The van der Waals surface area contributed by atoms with Crippen LogP contribution in [-0.4, -0.2) is 4.57 Å². The van der Waals surface area contributed by atoms with Crippen LogP contribution in [0.1, 0.15) is 33.4 Å². The molecule has 286 valence electrons. The van der Waals surface area contributed by atoms with E-state index in [9.17, 15) is 0 Å². The Morgan fingerprint density at radius 2 is 0.831 bits per heavy atom. The minimum Gasteiger partial charge on any atom is -0.309 e. The summed E-state index contributed by atoms with van der Waals surface area (Å²) in [5.41, 5.74) is 17.8. The lowest BCUT2D eigenvalue weighted by Gasteiger charge is -2.31. The summed E-state index contributed by atoms with van der Waals surface area (Å²) >= 11 is 0. The number of aromatic nitrogens is 1.